The fraction of sp³-hybridized carbons (Fsp3) is 0.571. The molecule has 0 aromatic heterocycles. The summed E-state index contributed by atoms with van der Waals surface area (Å²) in [6, 6.07) is -0.481. The van der Waals surface area contributed by atoms with Crippen LogP contribution in [0, 0.1) is 0 Å². The Morgan fingerprint density at radius 1 is 1.92 bits per heavy atom. The van der Waals surface area contributed by atoms with Gasteiger partial charge in [0.15, 0.2) is 6.29 Å². The lowest BCUT2D eigenvalue weighted by molar-refractivity contribution is -0.145. The molecule has 0 aliphatic carbocycles. The number of rotatable bonds is 3. The maximum atomic E-state index is 11.0. The predicted octanol–water partition coefficient (Wildman–Crippen LogP) is -0.534. The molecule has 0 saturated heterocycles. The van der Waals surface area contributed by atoms with Crippen molar-refractivity contribution in [2.75, 3.05) is 6.61 Å². The first-order valence-corrected chi connectivity index (χ1v) is 3.71. The fourth-order valence-corrected chi connectivity index (χ4v) is 0.915. The molecule has 0 aromatic rings. The zero-order valence-corrected chi connectivity index (χ0v) is 6.74. The van der Waals surface area contributed by atoms with Gasteiger partial charge in [-0.15, -0.1) is 0 Å². The number of hydrogen-bond acceptors (Lipinski definition) is 5. The number of carbonyl (C=O) groups is 2. The van der Waals surface area contributed by atoms with Crippen molar-refractivity contribution in [3.05, 3.63) is 0 Å². The van der Waals surface area contributed by atoms with E-state index in [0.29, 0.717) is 25.0 Å². The highest BCUT2D eigenvalue weighted by Gasteiger charge is 2.25. The minimum Gasteiger partial charge on any atom is -0.464 e. The van der Waals surface area contributed by atoms with E-state index in [1.54, 1.807) is 6.92 Å². The van der Waals surface area contributed by atoms with E-state index in [-0.39, 0.29) is 5.97 Å². The third kappa shape index (κ3) is 1.81. The van der Waals surface area contributed by atoms with Crippen molar-refractivity contribution >= 4 is 18.0 Å². The number of hydrogen-bond donors (Lipinski definition) is 1. The Morgan fingerprint density at radius 3 is 3.17 bits per heavy atom. The minimum atomic E-state index is -0.481. The second-order valence-electron chi connectivity index (χ2n) is 2.36. The third-order valence-corrected chi connectivity index (χ3v) is 1.48. The van der Waals surface area contributed by atoms with E-state index in [1.165, 1.54) is 0 Å². The second kappa shape index (κ2) is 3.85. The summed E-state index contributed by atoms with van der Waals surface area (Å²) in [4.78, 5) is 21.2. The van der Waals surface area contributed by atoms with Crippen molar-refractivity contribution in [1.82, 2.24) is 5.43 Å². The Labute approximate surface area is 69.8 Å². The summed E-state index contributed by atoms with van der Waals surface area (Å²) in [6.07, 6.45) is 0.953. The van der Waals surface area contributed by atoms with Crippen LogP contribution in [0.4, 0.5) is 0 Å². The Hall–Kier alpha value is -1.39. The maximum Gasteiger partial charge on any atom is 0.330 e. The van der Waals surface area contributed by atoms with Crippen LogP contribution in [0.1, 0.15) is 13.3 Å². The minimum absolute atomic E-state index is 0.322. The molecule has 66 valence electrons. The zero-order chi connectivity index (χ0) is 8.97. The molecule has 0 saturated carbocycles. The van der Waals surface area contributed by atoms with Gasteiger partial charge >= 0.3 is 5.97 Å². The molecule has 1 rings (SSSR count). The van der Waals surface area contributed by atoms with Gasteiger partial charge in [-0.3, -0.25) is 10.2 Å². The Morgan fingerprint density at radius 2 is 2.67 bits per heavy atom. The smallest absolute Gasteiger partial charge is 0.330 e. The summed E-state index contributed by atoms with van der Waals surface area (Å²) >= 11 is 0. The molecule has 5 nitrogen and oxygen atoms in total. The number of hydrazone groups is 1. The molecule has 1 unspecified atom stereocenters. The fourth-order valence-electron chi connectivity index (χ4n) is 0.915. The second-order valence-corrected chi connectivity index (χ2v) is 2.36. The van der Waals surface area contributed by atoms with Crippen molar-refractivity contribution in [3.8, 4) is 0 Å². The van der Waals surface area contributed by atoms with Crippen LogP contribution < -0.4 is 5.43 Å². The van der Waals surface area contributed by atoms with Crippen molar-refractivity contribution in [2.24, 2.45) is 5.10 Å². The highest BCUT2D eigenvalue weighted by atomic mass is 16.5. The molecule has 0 spiro atoms. The van der Waals surface area contributed by atoms with Gasteiger partial charge in [-0.25, -0.2) is 4.79 Å². The monoisotopic (exact) mass is 170 g/mol. The van der Waals surface area contributed by atoms with E-state index in [9.17, 15) is 9.59 Å². The standard InChI is InChI=1S/C7H10N2O3/c1-2-12-7(11)6-3-5(4-10)8-9-6/h4,6,9H,2-3H2,1H3. The Balaban J connectivity index is 2.40. The van der Waals surface area contributed by atoms with E-state index < -0.39 is 6.04 Å². The number of ether oxygens (including phenoxy) is 1. The van der Waals surface area contributed by atoms with E-state index in [2.05, 4.69) is 10.5 Å². The summed E-state index contributed by atoms with van der Waals surface area (Å²) in [7, 11) is 0. The largest absolute Gasteiger partial charge is 0.464 e. The highest BCUT2D eigenvalue weighted by molar-refractivity contribution is 6.29. The molecule has 0 radical (unpaired) electrons. The highest BCUT2D eigenvalue weighted by Crippen LogP contribution is 2.03. The first-order valence-electron chi connectivity index (χ1n) is 3.71. The van der Waals surface area contributed by atoms with Crippen LogP contribution in [-0.4, -0.2) is 30.6 Å². The number of nitrogens with zero attached hydrogens (tertiary/aromatic N) is 1. The van der Waals surface area contributed by atoms with E-state index in [1.807, 2.05) is 0 Å². The van der Waals surface area contributed by atoms with Gasteiger partial charge in [-0.1, -0.05) is 0 Å². The van der Waals surface area contributed by atoms with Crippen LogP contribution in [0.15, 0.2) is 5.10 Å². The lowest BCUT2D eigenvalue weighted by Crippen LogP contribution is -2.31. The van der Waals surface area contributed by atoms with Crippen molar-refractivity contribution in [1.29, 1.82) is 0 Å². The first kappa shape index (κ1) is 8.70. The average molecular weight is 170 g/mol. The van der Waals surface area contributed by atoms with Crippen LogP contribution in [-0.2, 0) is 14.3 Å². The van der Waals surface area contributed by atoms with Gasteiger partial charge in [0.2, 0.25) is 0 Å². The van der Waals surface area contributed by atoms with Gasteiger partial charge in [0, 0.05) is 6.42 Å². The third-order valence-electron chi connectivity index (χ3n) is 1.48. The number of esters is 1. The van der Waals surface area contributed by atoms with E-state index in [0.717, 1.165) is 0 Å². The maximum absolute atomic E-state index is 11.0. The molecule has 0 fully saturated rings. The van der Waals surface area contributed by atoms with Gasteiger partial charge in [0.25, 0.3) is 0 Å². The normalized spacial score (nSPS) is 21.1. The van der Waals surface area contributed by atoms with Crippen LogP contribution in [0.5, 0.6) is 0 Å². The molecular formula is C7H10N2O3. The molecule has 1 heterocycles. The van der Waals surface area contributed by atoms with Crippen molar-refractivity contribution in [3.63, 3.8) is 0 Å². The molecular weight excluding hydrogens is 160 g/mol. The summed E-state index contributed by atoms with van der Waals surface area (Å²) in [5.74, 6) is -0.363. The molecule has 0 amide bonds. The molecule has 1 aliphatic rings. The zero-order valence-electron chi connectivity index (χ0n) is 6.74. The number of carbonyl (C=O) groups excluding carboxylic acids is 2. The van der Waals surface area contributed by atoms with Crippen molar-refractivity contribution < 1.29 is 14.3 Å². The van der Waals surface area contributed by atoms with Crippen LogP contribution in [0.2, 0.25) is 0 Å². The van der Waals surface area contributed by atoms with E-state index >= 15 is 0 Å². The average Bonchev–Trinajstić information content (AvgIpc) is 2.52. The molecule has 1 atom stereocenters. The van der Waals surface area contributed by atoms with Gasteiger partial charge in [-0.05, 0) is 6.92 Å². The summed E-state index contributed by atoms with van der Waals surface area (Å²) in [5.41, 5.74) is 2.88. The molecule has 12 heavy (non-hydrogen) atoms. The predicted molar refractivity (Wildman–Crippen MR) is 41.7 cm³/mol. The van der Waals surface area contributed by atoms with Gasteiger partial charge < -0.3 is 4.74 Å². The number of aldehydes is 1. The van der Waals surface area contributed by atoms with E-state index in [4.69, 9.17) is 4.74 Å². The van der Waals surface area contributed by atoms with Crippen LogP contribution in [0.25, 0.3) is 0 Å². The molecule has 5 heteroatoms. The lowest BCUT2D eigenvalue weighted by Gasteiger charge is -2.07. The summed E-state index contributed by atoms with van der Waals surface area (Å²) in [6.45, 7) is 2.07. The quantitative estimate of drug-likeness (QED) is 0.456. The first-order chi connectivity index (χ1) is 5.77. The molecule has 0 bridgehead atoms. The SMILES string of the molecule is CCOC(=O)C1CC(C=O)=NN1. The summed E-state index contributed by atoms with van der Waals surface area (Å²) < 4.78 is 4.73. The topological polar surface area (TPSA) is 67.8 Å². The van der Waals surface area contributed by atoms with Gasteiger partial charge in [0.1, 0.15) is 11.8 Å². The lowest BCUT2D eigenvalue weighted by atomic mass is 10.2. The molecule has 0 aromatic carbocycles. The Bertz CT molecular complexity index is 225. The van der Waals surface area contributed by atoms with Gasteiger partial charge in [0.05, 0.1) is 6.61 Å². The molecule has 1 aliphatic heterocycles. The van der Waals surface area contributed by atoms with Crippen LogP contribution in [0.3, 0.4) is 0 Å². The summed E-state index contributed by atoms with van der Waals surface area (Å²) in [5, 5.41) is 3.64. The van der Waals surface area contributed by atoms with Crippen LogP contribution >= 0.6 is 0 Å². The van der Waals surface area contributed by atoms with Crippen molar-refractivity contribution in [2.45, 2.75) is 19.4 Å². The Kier molecular flexibility index (Phi) is 2.79. The van der Waals surface area contributed by atoms with Gasteiger partial charge in [-0.2, -0.15) is 5.10 Å². The molecule has 1 N–H and O–H groups in total. The number of nitrogens with one attached hydrogen (secondary N) is 1.